The smallest absolute Gasteiger partial charge is 0.274 e. The van der Waals surface area contributed by atoms with Gasteiger partial charge in [0.2, 0.25) is 6.29 Å². The zero-order valence-corrected chi connectivity index (χ0v) is 11.6. The van der Waals surface area contributed by atoms with E-state index in [1.54, 1.807) is 36.4 Å². The Balaban J connectivity index is 2.33. The van der Waals surface area contributed by atoms with Crippen LogP contribution in [0.3, 0.4) is 0 Å². The molecule has 4 nitrogen and oxygen atoms in total. The Hall–Kier alpha value is -3.01. The van der Waals surface area contributed by atoms with E-state index < -0.39 is 10.8 Å². The van der Waals surface area contributed by atoms with Gasteiger partial charge in [-0.1, -0.05) is 54.6 Å². The van der Waals surface area contributed by atoms with Gasteiger partial charge < -0.3 is 0 Å². The summed E-state index contributed by atoms with van der Waals surface area (Å²) >= 11 is 0. The maximum absolute atomic E-state index is 11.6. The molecule has 0 fully saturated rings. The van der Waals surface area contributed by atoms with Crippen molar-refractivity contribution < 1.29 is 9.72 Å². The Morgan fingerprint density at radius 3 is 2.27 bits per heavy atom. The molecule has 4 heteroatoms. The van der Waals surface area contributed by atoms with Crippen molar-refractivity contribution in [3.8, 4) is 0 Å². The van der Waals surface area contributed by atoms with Gasteiger partial charge in [-0.15, -0.1) is 0 Å². The van der Waals surface area contributed by atoms with Crippen LogP contribution in [0.25, 0.3) is 10.8 Å². The van der Waals surface area contributed by atoms with Crippen LogP contribution in [0.15, 0.2) is 66.7 Å². The molecule has 0 aliphatic carbocycles. The molecule has 0 heterocycles. The van der Waals surface area contributed by atoms with Gasteiger partial charge in [0.05, 0.1) is 16.4 Å². The summed E-state index contributed by atoms with van der Waals surface area (Å²) in [6.07, 6.45) is 1.97. The molecule has 0 spiro atoms. The summed E-state index contributed by atoms with van der Waals surface area (Å²) in [6, 6.07) is 19.5. The van der Waals surface area contributed by atoms with Crippen LogP contribution < -0.4 is 0 Å². The lowest BCUT2D eigenvalue weighted by Crippen LogP contribution is -2.07. The normalized spacial score (nSPS) is 12.0. The van der Waals surface area contributed by atoms with Crippen LogP contribution in [0.2, 0.25) is 0 Å². The highest BCUT2D eigenvalue weighted by Crippen LogP contribution is 2.36. The van der Waals surface area contributed by atoms with Crippen molar-refractivity contribution in [2.24, 2.45) is 0 Å². The fourth-order valence-electron chi connectivity index (χ4n) is 2.69. The topological polar surface area (TPSA) is 60.2 Å². The second-order valence-corrected chi connectivity index (χ2v) is 4.94. The van der Waals surface area contributed by atoms with Gasteiger partial charge in [0.25, 0.3) is 5.69 Å². The first kappa shape index (κ1) is 13.9. The minimum Gasteiger partial charge on any atom is -0.290 e. The number of benzene rings is 3. The molecule has 0 aromatic heterocycles. The number of nitro groups is 1. The molecule has 1 atom stereocenters. The molecule has 1 unspecified atom stereocenters. The predicted molar refractivity (Wildman–Crippen MR) is 84.6 cm³/mol. The Morgan fingerprint density at radius 1 is 0.909 bits per heavy atom. The monoisotopic (exact) mass is 290 g/mol. The van der Waals surface area contributed by atoms with Crippen molar-refractivity contribution in [1.29, 1.82) is 0 Å². The van der Waals surface area contributed by atoms with E-state index in [0.717, 1.165) is 5.39 Å². The molecule has 3 aromatic carbocycles. The van der Waals surface area contributed by atoms with E-state index in [-0.39, 0.29) is 5.69 Å². The molecule has 0 saturated heterocycles. The first-order chi connectivity index (χ1) is 10.7. The highest BCUT2D eigenvalue weighted by atomic mass is 16.6. The van der Waals surface area contributed by atoms with E-state index in [9.17, 15) is 14.9 Å². The van der Waals surface area contributed by atoms with Gasteiger partial charge >= 0.3 is 0 Å². The molecule has 0 amide bonds. The van der Waals surface area contributed by atoms with E-state index in [4.69, 9.17) is 0 Å². The van der Waals surface area contributed by atoms with Crippen LogP contribution in [0.1, 0.15) is 17.0 Å². The molecule has 0 saturated carbocycles. The number of nitrogens with zero attached hydrogens (tertiary/aromatic N) is 1. The molecule has 0 N–H and O–H groups in total. The lowest BCUT2D eigenvalue weighted by atomic mass is 9.87. The lowest BCUT2D eigenvalue weighted by molar-refractivity contribution is -0.385. The van der Waals surface area contributed by atoms with E-state index in [2.05, 4.69) is 0 Å². The SMILES string of the molecule is O=[C]C(c1ccccc1)c1c([N+](=O)[O-])ccc2ccccc12. The van der Waals surface area contributed by atoms with Gasteiger partial charge in [0.15, 0.2) is 0 Å². The Kier molecular flexibility index (Phi) is 3.66. The second-order valence-electron chi connectivity index (χ2n) is 4.94. The lowest BCUT2D eigenvalue weighted by Gasteiger charge is -2.14. The zero-order chi connectivity index (χ0) is 15.5. The number of nitro benzene ring substituents is 1. The van der Waals surface area contributed by atoms with Crippen molar-refractivity contribution in [2.75, 3.05) is 0 Å². The minimum atomic E-state index is -0.785. The van der Waals surface area contributed by atoms with Gasteiger partial charge in [-0.2, -0.15) is 0 Å². The summed E-state index contributed by atoms with van der Waals surface area (Å²) in [5.41, 5.74) is 1.03. The predicted octanol–water partition coefficient (Wildman–Crippen LogP) is 3.99. The maximum atomic E-state index is 11.6. The fraction of sp³-hybridized carbons (Fsp3) is 0.0556. The van der Waals surface area contributed by atoms with Crippen LogP contribution in [-0.2, 0) is 4.79 Å². The highest BCUT2D eigenvalue weighted by molar-refractivity contribution is 5.93. The molecule has 0 aliphatic heterocycles. The molecule has 3 aromatic rings. The number of hydrogen-bond acceptors (Lipinski definition) is 3. The molecule has 1 radical (unpaired) electrons. The minimum absolute atomic E-state index is 0.0593. The second kappa shape index (κ2) is 5.77. The standard InChI is InChI=1S/C18H12NO3/c20-12-16(13-6-2-1-3-7-13)18-15-9-5-4-8-14(15)10-11-17(18)19(21)22/h1-11,16H. The Morgan fingerprint density at radius 2 is 1.59 bits per heavy atom. The van der Waals surface area contributed by atoms with Gasteiger partial charge in [-0.25, -0.2) is 0 Å². The van der Waals surface area contributed by atoms with Gasteiger partial charge in [0.1, 0.15) is 0 Å². The third kappa shape index (κ3) is 2.35. The van der Waals surface area contributed by atoms with Crippen molar-refractivity contribution in [1.82, 2.24) is 0 Å². The summed E-state index contributed by atoms with van der Waals surface area (Å²) < 4.78 is 0. The van der Waals surface area contributed by atoms with Crippen LogP contribution in [-0.4, -0.2) is 11.2 Å². The summed E-state index contributed by atoms with van der Waals surface area (Å²) in [4.78, 5) is 22.5. The third-order valence-electron chi connectivity index (χ3n) is 3.68. The van der Waals surface area contributed by atoms with E-state index in [1.165, 1.54) is 6.07 Å². The molecule has 0 bridgehead atoms. The summed E-state index contributed by atoms with van der Waals surface area (Å²) in [6.45, 7) is 0. The molecule has 107 valence electrons. The van der Waals surface area contributed by atoms with Crippen molar-refractivity contribution in [2.45, 2.75) is 5.92 Å². The summed E-state index contributed by atoms with van der Waals surface area (Å²) in [7, 11) is 0. The number of carbonyl (C=O) groups excluding carboxylic acids is 1. The number of hydrogen-bond donors (Lipinski definition) is 0. The number of fused-ring (bicyclic) bond motifs is 1. The first-order valence-electron chi connectivity index (χ1n) is 6.81. The largest absolute Gasteiger partial charge is 0.290 e. The average molecular weight is 290 g/mol. The van der Waals surface area contributed by atoms with Crippen molar-refractivity contribution in [3.05, 3.63) is 88.0 Å². The highest BCUT2D eigenvalue weighted by Gasteiger charge is 2.26. The van der Waals surface area contributed by atoms with Crippen LogP contribution in [0.4, 0.5) is 5.69 Å². The van der Waals surface area contributed by atoms with E-state index in [1.807, 2.05) is 30.6 Å². The van der Waals surface area contributed by atoms with Crippen molar-refractivity contribution >= 4 is 22.7 Å². The molecule has 0 aliphatic rings. The fourth-order valence-corrected chi connectivity index (χ4v) is 2.69. The molecule has 22 heavy (non-hydrogen) atoms. The molecule has 3 rings (SSSR count). The Labute approximate surface area is 127 Å². The van der Waals surface area contributed by atoms with Gasteiger partial charge in [-0.05, 0) is 22.4 Å². The van der Waals surface area contributed by atoms with E-state index in [0.29, 0.717) is 16.5 Å². The van der Waals surface area contributed by atoms with Crippen LogP contribution in [0.5, 0.6) is 0 Å². The average Bonchev–Trinajstić information content (AvgIpc) is 2.56. The maximum Gasteiger partial charge on any atom is 0.274 e. The molecular formula is C18H12NO3. The Bertz CT molecular complexity index is 843. The molecular weight excluding hydrogens is 278 g/mol. The third-order valence-corrected chi connectivity index (χ3v) is 3.68. The zero-order valence-electron chi connectivity index (χ0n) is 11.6. The van der Waals surface area contributed by atoms with Crippen molar-refractivity contribution in [3.63, 3.8) is 0 Å². The van der Waals surface area contributed by atoms with Gasteiger partial charge in [-0.3, -0.25) is 14.9 Å². The van der Waals surface area contributed by atoms with Crippen LogP contribution in [0, 0.1) is 10.1 Å². The van der Waals surface area contributed by atoms with E-state index >= 15 is 0 Å². The first-order valence-corrected chi connectivity index (χ1v) is 6.81. The summed E-state index contributed by atoms with van der Waals surface area (Å²) in [5, 5.41) is 13.0. The number of rotatable bonds is 4. The summed E-state index contributed by atoms with van der Waals surface area (Å²) in [5.74, 6) is -0.785. The van der Waals surface area contributed by atoms with Gasteiger partial charge in [0, 0.05) is 6.07 Å². The quantitative estimate of drug-likeness (QED) is 0.539. The van der Waals surface area contributed by atoms with Crippen LogP contribution >= 0.6 is 0 Å².